The Morgan fingerprint density at radius 3 is 2.50 bits per heavy atom. The summed E-state index contributed by atoms with van der Waals surface area (Å²) in [7, 11) is 1.50. The molecule has 2 heterocycles. The van der Waals surface area contributed by atoms with Gasteiger partial charge in [-0.15, -0.1) is 0 Å². The number of ether oxygens (including phenoxy) is 2. The van der Waals surface area contributed by atoms with Crippen LogP contribution in [0.2, 0.25) is 0 Å². The van der Waals surface area contributed by atoms with Gasteiger partial charge in [-0.3, -0.25) is 0 Å². The number of alkyl halides is 2. The van der Waals surface area contributed by atoms with Crippen molar-refractivity contribution < 1.29 is 23.4 Å². The smallest absolute Gasteiger partial charge is 0.282 e. The Morgan fingerprint density at radius 2 is 1.92 bits per heavy atom. The number of aliphatic hydroxyl groups excluding tert-OH is 1. The molecule has 0 aliphatic heterocycles. The molecule has 26 heavy (non-hydrogen) atoms. The molecule has 0 aliphatic carbocycles. The van der Waals surface area contributed by atoms with Crippen molar-refractivity contribution in [3.8, 4) is 28.6 Å². The van der Waals surface area contributed by atoms with Gasteiger partial charge in [-0.25, -0.2) is 18.4 Å². The third-order valence-electron chi connectivity index (χ3n) is 3.64. The number of halogens is 2. The van der Waals surface area contributed by atoms with Crippen LogP contribution in [0, 0.1) is 0 Å². The molecular weight excluding hydrogens is 344 g/mol. The minimum Gasteiger partial charge on any atom is -0.491 e. The second kappa shape index (κ2) is 7.92. The molecule has 6 nitrogen and oxygen atoms in total. The molecule has 0 saturated heterocycles. The lowest BCUT2D eigenvalue weighted by Crippen LogP contribution is -2.02. The molecule has 0 radical (unpaired) electrons. The predicted octanol–water partition coefficient (Wildman–Crippen LogP) is 3.25. The monoisotopic (exact) mass is 361 g/mol. The van der Waals surface area contributed by atoms with Gasteiger partial charge in [-0.1, -0.05) is 0 Å². The van der Waals surface area contributed by atoms with Gasteiger partial charge in [-0.2, -0.15) is 5.10 Å². The Hall–Kier alpha value is -3.00. The normalized spacial score (nSPS) is 11.0. The van der Waals surface area contributed by atoms with E-state index in [1.54, 1.807) is 36.4 Å². The summed E-state index contributed by atoms with van der Waals surface area (Å²) in [6.07, 6.45) is -1.18. The van der Waals surface area contributed by atoms with E-state index in [1.165, 1.54) is 24.1 Å². The zero-order chi connectivity index (χ0) is 18.5. The van der Waals surface area contributed by atoms with Gasteiger partial charge in [0.2, 0.25) is 5.88 Å². The maximum Gasteiger partial charge on any atom is 0.282 e. The Bertz CT molecular complexity index is 849. The Kier molecular flexibility index (Phi) is 5.43. The summed E-state index contributed by atoms with van der Waals surface area (Å²) in [5, 5.41) is 12.8. The van der Waals surface area contributed by atoms with E-state index >= 15 is 0 Å². The first-order chi connectivity index (χ1) is 12.6. The summed E-state index contributed by atoms with van der Waals surface area (Å²) in [6, 6.07) is 11.6. The summed E-state index contributed by atoms with van der Waals surface area (Å²) in [5.74, 6) is 0.996. The van der Waals surface area contributed by atoms with Gasteiger partial charge >= 0.3 is 0 Å². The lowest BCUT2D eigenvalue weighted by atomic mass is 10.1. The van der Waals surface area contributed by atoms with Gasteiger partial charge in [0, 0.05) is 11.6 Å². The summed E-state index contributed by atoms with van der Waals surface area (Å²) in [4.78, 5) is 4.10. The fourth-order valence-electron chi connectivity index (χ4n) is 2.41. The van der Waals surface area contributed by atoms with Crippen molar-refractivity contribution in [1.29, 1.82) is 0 Å². The molecule has 0 atom stereocenters. The molecule has 8 heteroatoms. The van der Waals surface area contributed by atoms with Crippen molar-refractivity contribution >= 4 is 0 Å². The minimum atomic E-state index is -2.69. The van der Waals surface area contributed by atoms with Gasteiger partial charge in [-0.05, 0) is 36.4 Å². The van der Waals surface area contributed by atoms with E-state index in [4.69, 9.17) is 14.6 Å². The molecule has 1 aromatic carbocycles. The molecule has 0 fully saturated rings. The van der Waals surface area contributed by atoms with E-state index in [0.717, 1.165) is 0 Å². The third kappa shape index (κ3) is 3.80. The fraction of sp³-hybridized carbons (Fsp3) is 0.222. The second-order valence-electron chi connectivity index (χ2n) is 5.32. The maximum atomic E-state index is 13.2. The highest BCUT2D eigenvalue weighted by Crippen LogP contribution is 2.29. The first kappa shape index (κ1) is 17.8. The van der Waals surface area contributed by atoms with Gasteiger partial charge in [0.15, 0.2) is 0 Å². The third-order valence-corrected chi connectivity index (χ3v) is 3.64. The molecular formula is C18H17F2N3O3. The average molecular weight is 361 g/mol. The first-order valence-electron chi connectivity index (χ1n) is 7.85. The molecule has 1 N–H and O–H groups in total. The standard InChI is InChI=1S/C18H17F2N3O3/c1-25-17-7-4-13(11-21-17)23-16(10-15(22-23)18(19)20)12-2-5-14(6-3-12)26-9-8-24/h2-7,10-11,18,24H,8-9H2,1H3. The zero-order valence-electron chi connectivity index (χ0n) is 14.0. The first-order valence-corrected chi connectivity index (χ1v) is 7.85. The van der Waals surface area contributed by atoms with E-state index in [0.29, 0.717) is 28.6 Å². The molecule has 3 rings (SSSR count). The predicted molar refractivity (Wildman–Crippen MR) is 90.9 cm³/mol. The average Bonchev–Trinajstić information content (AvgIpc) is 3.12. The topological polar surface area (TPSA) is 69.4 Å². The van der Waals surface area contributed by atoms with Crippen LogP contribution in [-0.2, 0) is 0 Å². The van der Waals surface area contributed by atoms with Crippen LogP contribution >= 0.6 is 0 Å². The number of nitrogens with zero attached hydrogens (tertiary/aromatic N) is 3. The van der Waals surface area contributed by atoms with Crippen LogP contribution in [0.15, 0.2) is 48.7 Å². The Labute approximate surface area is 148 Å². The highest BCUT2D eigenvalue weighted by atomic mass is 19.3. The van der Waals surface area contributed by atoms with E-state index in [1.807, 2.05) is 0 Å². The van der Waals surface area contributed by atoms with Crippen LogP contribution in [0.1, 0.15) is 12.1 Å². The highest BCUT2D eigenvalue weighted by Gasteiger charge is 2.18. The van der Waals surface area contributed by atoms with Crippen molar-refractivity contribution in [2.45, 2.75) is 6.43 Å². The molecule has 0 spiro atoms. The number of aliphatic hydroxyl groups is 1. The van der Waals surface area contributed by atoms with E-state index in [9.17, 15) is 8.78 Å². The van der Waals surface area contributed by atoms with E-state index in [-0.39, 0.29) is 18.9 Å². The van der Waals surface area contributed by atoms with Crippen LogP contribution < -0.4 is 9.47 Å². The summed E-state index contributed by atoms with van der Waals surface area (Å²) in [5.41, 5.74) is 1.40. The van der Waals surface area contributed by atoms with Gasteiger partial charge in [0.05, 0.1) is 31.3 Å². The van der Waals surface area contributed by atoms with Gasteiger partial charge in [0.1, 0.15) is 18.1 Å². The van der Waals surface area contributed by atoms with Crippen molar-refractivity contribution in [2.24, 2.45) is 0 Å². The second-order valence-corrected chi connectivity index (χ2v) is 5.32. The van der Waals surface area contributed by atoms with Crippen LogP contribution in [0.25, 0.3) is 16.9 Å². The van der Waals surface area contributed by atoms with Crippen LogP contribution in [0.4, 0.5) is 8.78 Å². The molecule has 0 amide bonds. The molecule has 3 aromatic rings. The Balaban J connectivity index is 1.99. The lowest BCUT2D eigenvalue weighted by molar-refractivity contribution is 0.145. The van der Waals surface area contributed by atoms with E-state index < -0.39 is 6.43 Å². The van der Waals surface area contributed by atoms with Gasteiger partial charge < -0.3 is 14.6 Å². The van der Waals surface area contributed by atoms with Crippen molar-refractivity contribution in [3.05, 3.63) is 54.4 Å². The zero-order valence-corrected chi connectivity index (χ0v) is 14.0. The largest absolute Gasteiger partial charge is 0.491 e. The van der Waals surface area contributed by atoms with Crippen molar-refractivity contribution in [3.63, 3.8) is 0 Å². The molecule has 0 saturated carbocycles. The van der Waals surface area contributed by atoms with Crippen LogP contribution in [0.5, 0.6) is 11.6 Å². The highest BCUT2D eigenvalue weighted by molar-refractivity contribution is 5.63. The molecule has 136 valence electrons. The lowest BCUT2D eigenvalue weighted by Gasteiger charge is -2.09. The summed E-state index contributed by atoms with van der Waals surface area (Å²) < 4.78 is 38.1. The van der Waals surface area contributed by atoms with Crippen molar-refractivity contribution in [1.82, 2.24) is 14.8 Å². The van der Waals surface area contributed by atoms with Crippen LogP contribution in [-0.4, -0.2) is 40.2 Å². The number of pyridine rings is 1. The van der Waals surface area contributed by atoms with E-state index in [2.05, 4.69) is 10.1 Å². The number of hydrogen-bond donors (Lipinski definition) is 1. The van der Waals surface area contributed by atoms with Gasteiger partial charge in [0.25, 0.3) is 6.43 Å². The number of benzene rings is 1. The number of methoxy groups -OCH3 is 1. The van der Waals surface area contributed by atoms with Crippen molar-refractivity contribution in [2.75, 3.05) is 20.3 Å². The number of rotatable bonds is 7. The number of hydrogen-bond acceptors (Lipinski definition) is 5. The molecule has 2 aromatic heterocycles. The van der Waals surface area contributed by atoms with Crippen LogP contribution in [0.3, 0.4) is 0 Å². The molecule has 0 aliphatic rings. The summed E-state index contributed by atoms with van der Waals surface area (Å²) >= 11 is 0. The fourth-order valence-corrected chi connectivity index (χ4v) is 2.41. The minimum absolute atomic E-state index is 0.0866. The summed E-state index contributed by atoms with van der Waals surface area (Å²) in [6.45, 7) is 0.0983. The molecule has 0 unspecified atom stereocenters. The Morgan fingerprint density at radius 1 is 1.15 bits per heavy atom. The maximum absolute atomic E-state index is 13.2. The SMILES string of the molecule is COc1ccc(-n2nc(C(F)F)cc2-c2ccc(OCCO)cc2)cn1. The number of aromatic nitrogens is 3. The quantitative estimate of drug-likeness (QED) is 0.700. The molecule has 0 bridgehead atoms.